The molecule has 0 N–H and O–H groups in total. The number of rotatable bonds is 0. The molecular weight excluding hydrogens is 148 g/mol. The summed E-state index contributed by atoms with van der Waals surface area (Å²) >= 11 is 0. The molecule has 0 aliphatic carbocycles. The van der Waals surface area contributed by atoms with Gasteiger partial charge in [-0.1, -0.05) is 18.1 Å². The molecule has 1 heteroatoms. The first-order chi connectivity index (χ1) is 5.68. The summed E-state index contributed by atoms with van der Waals surface area (Å²) in [6, 6.07) is 7.78. The van der Waals surface area contributed by atoms with Crippen molar-refractivity contribution in [1.29, 1.82) is 0 Å². The third kappa shape index (κ3) is 2.59. The minimum atomic E-state index is -0.100. The minimum absolute atomic E-state index is 0.100. The standard InChI is InChI=1S/C11H10O/c1-9-4-3-5-11(8-9)7-6-10(2)12/h3-5,8H,1-2H3. The molecule has 0 unspecified atom stereocenters. The smallest absolute Gasteiger partial charge is 0.202 e. The van der Waals surface area contributed by atoms with Crippen molar-refractivity contribution in [2.24, 2.45) is 0 Å². The van der Waals surface area contributed by atoms with Crippen LogP contribution in [0.25, 0.3) is 0 Å². The molecule has 0 fully saturated rings. The zero-order valence-electron chi connectivity index (χ0n) is 7.22. The van der Waals surface area contributed by atoms with Gasteiger partial charge in [0.05, 0.1) is 0 Å². The first-order valence-electron chi connectivity index (χ1n) is 3.78. The van der Waals surface area contributed by atoms with Gasteiger partial charge in [-0.25, -0.2) is 0 Å². The molecule has 1 aromatic rings. The molecule has 1 aromatic carbocycles. The maximum Gasteiger partial charge on any atom is 0.202 e. The monoisotopic (exact) mass is 158 g/mol. The lowest BCUT2D eigenvalue weighted by molar-refractivity contribution is -0.111. The maximum atomic E-state index is 10.5. The Morgan fingerprint density at radius 1 is 1.42 bits per heavy atom. The number of hydrogen-bond acceptors (Lipinski definition) is 1. The second-order valence-corrected chi connectivity index (χ2v) is 2.68. The molecule has 0 saturated carbocycles. The Bertz CT molecular complexity index is 353. The largest absolute Gasteiger partial charge is 0.285 e. The topological polar surface area (TPSA) is 17.1 Å². The molecule has 0 aromatic heterocycles. The van der Waals surface area contributed by atoms with Gasteiger partial charge in [0.25, 0.3) is 0 Å². The van der Waals surface area contributed by atoms with Crippen molar-refractivity contribution < 1.29 is 4.79 Å². The van der Waals surface area contributed by atoms with Crippen molar-refractivity contribution in [3.05, 3.63) is 35.4 Å². The van der Waals surface area contributed by atoms with Crippen LogP contribution in [0.4, 0.5) is 0 Å². The van der Waals surface area contributed by atoms with Crippen LogP contribution in [-0.2, 0) is 4.79 Å². The molecule has 0 aliphatic rings. The van der Waals surface area contributed by atoms with Gasteiger partial charge < -0.3 is 0 Å². The van der Waals surface area contributed by atoms with E-state index >= 15 is 0 Å². The van der Waals surface area contributed by atoms with E-state index in [0.29, 0.717) is 0 Å². The van der Waals surface area contributed by atoms with Gasteiger partial charge in [0.1, 0.15) is 0 Å². The van der Waals surface area contributed by atoms with E-state index in [0.717, 1.165) is 11.1 Å². The Morgan fingerprint density at radius 2 is 2.17 bits per heavy atom. The molecule has 0 bridgehead atoms. The fraction of sp³-hybridized carbons (Fsp3) is 0.182. The molecule has 12 heavy (non-hydrogen) atoms. The first kappa shape index (κ1) is 8.55. The molecule has 1 nitrogen and oxygen atoms in total. The molecule has 0 atom stereocenters. The Morgan fingerprint density at radius 3 is 2.75 bits per heavy atom. The van der Waals surface area contributed by atoms with E-state index in [1.165, 1.54) is 6.92 Å². The second kappa shape index (κ2) is 3.73. The highest BCUT2D eigenvalue weighted by Crippen LogP contribution is 2.01. The summed E-state index contributed by atoms with van der Waals surface area (Å²) < 4.78 is 0. The van der Waals surface area contributed by atoms with Crippen molar-refractivity contribution in [3.63, 3.8) is 0 Å². The fourth-order valence-electron chi connectivity index (χ4n) is 0.883. The minimum Gasteiger partial charge on any atom is -0.285 e. The van der Waals surface area contributed by atoms with E-state index in [9.17, 15) is 4.79 Å². The van der Waals surface area contributed by atoms with Crippen molar-refractivity contribution in [2.45, 2.75) is 13.8 Å². The van der Waals surface area contributed by atoms with Crippen LogP contribution in [0.5, 0.6) is 0 Å². The summed E-state index contributed by atoms with van der Waals surface area (Å²) in [5, 5.41) is 0. The van der Waals surface area contributed by atoms with Crippen LogP contribution in [0.1, 0.15) is 18.1 Å². The molecule has 0 aliphatic heterocycles. The summed E-state index contributed by atoms with van der Waals surface area (Å²) in [5.41, 5.74) is 2.05. The lowest BCUT2D eigenvalue weighted by Crippen LogP contribution is -1.82. The van der Waals surface area contributed by atoms with Crippen LogP contribution in [0.3, 0.4) is 0 Å². The fourth-order valence-corrected chi connectivity index (χ4v) is 0.883. The Balaban J connectivity index is 2.92. The zero-order chi connectivity index (χ0) is 8.97. The Labute approximate surface area is 72.4 Å². The number of aryl methyl sites for hydroxylation is 1. The van der Waals surface area contributed by atoms with Crippen molar-refractivity contribution in [2.75, 3.05) is 0 Å². The van der Waals surface area contributed by atoms with E-state index in [2.05, 4.69) is 11.8 Å². The van der Waals surface area contributed by atoms with Gasteiger partial charge >= 0.3 is 0 Å². The van der Waals surface area contributed by atoms with Crippen LogP contribution in [-0.4, -0.2) is 5.78 Å². The van der Waals surface area contributed by atoms with Gasteiger partial charge in [-0.2, -0.15) is 0 Å². The quantitative estimate of drug-likeness (QED) is 0.527. The predicted octanol–water partition coefficient (Wildman–Crippen LogP) is 1.94. The summed E-state index contributed by atoms with van der Waals surface area (Å²) in [6.07, 6.45) is 0. The van der Waals surface area contributed by atoms with Gasteiger partial charge in [0, 0.05) is 12.5 Å². The highest BCUT2D eigenvalue weighted by atomic mass is 16.1. The highest BCUT2D eigenvalue weighted by molar-refractivity contribution is 5.93. The molecule has 60 valence electrons. The van der Waals surface area contributed by atoms with E-state index < -0.39 is 0 Å². The third-order valence-electron chi connectivity index (χ3n) is 1.40. The van der Waals surface area contributed by atoms with Gasteiger partial charge in [-0.15, -0.1) is 0 Å². The molecule has 1 rings (SSSR count). The number of carbonyl (C=O) groups excluding carboxylic acids is 1. The van der Waals surface area contributed by atoms with Crippen molar-refractivity contribution >= 4 is 5.78 Å². The lowest BCUT2D eigenvalue weighted by Gasteiger charge is -1.91. The molecule has 0 heterocycles. The molecule has 0 saturated heterocycles. The van der Waals surface area contributed by atoms with E-state index in [-0.39, 0.29) is 5.78 Å². The van der Waals surface area contributed by atoms with Gasteiger partial charge in [-0.3, -0.25) is 4.79 Å². The summed E-state index contributed by atoms with van der Waals surface area (Å²) in [7, 11) is 0. The van der Waals surface area contributed by atoms with Gasteiger partial charge in [-0.05, 0) is 30.5 Å². The van der Waals surface area contributed by atoms with Crippen LogP contribution >= 0.6 is 0 Å². The van der Waals surface area contributed by atoms with E-state index in [1.54, 1.807) is 0 Å². The van der Waals surface area contributed by atoms with Gasteiger partial charge in [0.15, 0.2) is 0 Å². The van der Waals surface area contributed by atoms with Crippen LogP contribution in [0.2, 0.25) is 0 Å². The predicted molar refractivity (Wildman–Crippen MR) is 48.7 cm³/mol. The average molecular weight is 158 g/mol. The number of Topliss-reactive ketones (excluding diaryl/α,β-unsaturated/α-hetero) is 1. The summed E-state index contributed by atoms with van der Waals surface area (Å²) in [6.45, 7) is 3.46. The SMILES string of the molecule is CC(=O)C#Cc1cccc(C)c1. The highest BCUT2D eigenvalue weighted by Gasteiger charge is 1.86. The van der Waals surface area contributed by atoms with E-state index in [4.69, 9.17) is 0 Å². The van der Waals surface area contributed by atoms with Crippen LogP contribution in [0, 0.1) is 18.8 Å². The van der Waals surface area contributed by atoms with Crippen LogP contribution < -0.4 is 0 Å². The lowest BCUT2D eigenvalue weighted by atomic mass is 10.1. The number of ketones is 1. The van der Waals surface area contributed by atoms with E-state index in [1.807, 2.05) is 31.2 Å². The van der Waals surface area contributed by atoms with Crippen molar-refractivity contribution in [1.82, 2.24) is 0 Å². The zero-order valence-corrected chi connectivity index (χ0v) is 7.22. The Hall–Kier alpha value is -1.55. The average Bonchev–Trinajstić information content (AvgIpc) is 2.01. The van der Waals surface area contributed by atoms with Gasteiger partial charge in [0.2, 0.25) is 5.78 Å². The molecule has 0 radical (unpaired) electrons. The molecule has 0 spiro atoms. The molecule has 0 amide bonds. The maximum absolute atomic E-state index is 10.5. The number of benzene rings is 1. The Kier molecular flexibility index (Phi) is 2.66. The van der Waals surface area contributed by atoms with Crippen LogP contribution in [0.15, 0.2) is 24.3 Å². The summed E-state index contributed by atoms with van der Waals surface area (Å²) in [5.74, 6) is 5.19. The van der Waals surface area contributed by atoms with Crippen molar-refractivity contribution in [3.8, 4) is 11.8 Å². The second-order valence-electron chi connectivity index (χ2n) is 2.68. The molecular formula is C11H10O. The number of carbonyl (C=O) groups is 1. The number of hydrogen-bond donors (Lipinski definition) is 0. The third-order valence-corrected chi connectivity index (χ3v) is 1.40. The normalized spacial score (nSPS) is 8.50. The first-order valence-corrected chi connectivity index (χ1v) is 3.78. The summed E-state index contributed by atoms with van der Waals surface area (Å²) in [4.78, 5) is 10.5.